The Morgan fingerprint density at radius 3 is 2.45 bits per heavy atom. The van der Waals surface area contributed by atoms with E-state index in [9.17, 15) is 9.50 Å². The number of rotatable bonds is 6. The van der Waals surface area contributed by atoms with E-state index >= 15 is 0 Å². The van der Waals surface area contributed by atoms with Crippen molar-refractivity contribution in [1.82, 2.24) is 24.7 Å². The molecule has 0 aliphatic rings. The van der Waals surface area contributed by atoms with Crippen molar-refractivity contribution in [2.45, 2.75) is 33.9 Å². The first-order valence-corrected chi connectivity index (χ1v) is 9.90. The second-order valence-electron chi connectivity index (χ2n) is 7.37. The lowest BCUT2D eigenvalue weighted by atomic mass is 10.1. The third-order valence-corrected chi connectivity index (χ3v) is 5.23. The fraction of sp³-hybridized carbons (Fsp3) is 0.217. The average Bonchev–Trinajstić information content (AvgIpc) is 3.21. The highest BCUT2D eigenvalue weighted by molar-refractivity contribution is 5.64. The van der Waals surface area contributed by atoms with Gasteiger partial charge in [-0.15, -0.1) is 10.2 Å². The molecule has 0 fully saturated rings. The number of pyridine rings is 1. The Labute approximate surface area is 179 Å². The Balaban J connectivity index is 1.61. The molecule has 2 N–H and O–H groups in total. The van der Waals surface area contributed by atoms with Crippen LogP contribution in [0.5, 0.6) is 0 Å². The van der Waals surface area contributed by atoms with Gasteiger partial charge in [-0.2, -0.15) is 0 Å². The molecule has 7 nitrogen and oxygen atoms in total. The minimum Gasteiger partial charge on any atom is -0.390 e. The number of anilines is 1. The summed E-state index contributed by atoms with van der Waals surface area (Å²) in [5, 5.41) is 21.8. The molecule has 0 atom stereocenters. The monoisotopic (exact) mass is 418 g/mol. The van der Waals surface area contributed by atoms with Crippen LogP contribution < -0.4 is 5.32 Å². The molecule has 0 radical (unpaired) electrons. The number of aliphatic hydroxyl groups excluding tert-OH is 1. The Morgan fingerprint density at radius 2 is 1.77 bits per heavy atom. The quantitative estimate of drug-likeness (QED) is 0.494. The van der Waals surface area contributed by atoms with Gasteiger partial charge >= 0.3 is 0 Å². The van der Waals surface area contributed by atoms with Crippen molar-refractivity contribution in [1.29, 1.82) is 0 Å². The maximum atomic E-state index is 13.1. The molecule has 0 bridgehead atoms. The fourth-order valence-electron chi connectivity index (χ4n) is 3.33. The molecule has 4 aromatic rings. The topological polar surface area (TPSA) is 88.8 Å². The van der Waals surface area contributed by atoms with E-state index in [1.165, 1.54) is 12.1 Å². The predicted molar refractivity (Wildman–Crippen MR) is 116 cm³/mol. The number of hydrogen-bond acceptors (Lipinski definition) is 6. The van der Waals surface area contributed by atoms with Crippen molar-refractivity contribution in [2.24, 2.45) is 0 Å². The number of nitrogens with one attached hydrogen (secondary N) is 1. The molecule has 0 saturated heterocycles. The summed E-state index contributed by atoms with van der Waals surface area (Å²) in [7, 11) is 0. The highest BCUT2D eigenvalue weighted by atomic mass is 19.1. The van der Waals surface area contributed by atoms with Crippen LogP contribution in [0, 0.1) is 26.6 Å². The lowest BCUT2D eigenvalue weighted by Gasteiger charge is -2.14. The molecule has 4 rings (SSSR count). The van der Waals surface area contributed by atoms with Crippen LogP contribution in [0.2, 0.25) is 0 Å². The van der Waals surface area contributed by atoms with Crippen LogP contribution in [0.4, 0.5) is 10.2 Å². The van der Waals surface area contributed by atoms with E-state index in [0.717, 1.165) is 28.1 Å². The summed E-state index contributed by atoms with van der Waals surface area (Å²) < 4.78 is 14.9. The predicted octanol–water partition coefficient (Wildman–Crippen LogP) is 3.89. The molecule has 31 heavy (non-hydrogen) atoms. The summed E-state index contributed by atoms with van der Waals surface area (Å²) in [4.78, 5) is 8.86. The summed E-state index contributed by atoms with van der Waals surface area (Å²) in [6, 6.07) is 10.1. The normalized spacial score (nSPS) is 11.0. The van der Waals surface area contributed by atoms with Gasteiger partial charge < -0.3 is 15.0 Å². The molecular weight excluding hydrogens is 395 g/mol. The highest BCUT2D eigenvalue weighted by Gasteiger charge is 2.15. The van der Waals surface area contributed by atoms with Gasteiger partial charge in [-0.05, 0) is 61.7 Å². The minimum atomic E-state index is -0.260. The number of aliphatic hydroxyl groups is 1. The van der Waals surface area contributed by atoms with Crippen molar-refractivity contribution in [3.63, 3.8) is 0 Å². The fourth-order valence-corrected chi connectivity index (χ4v) is 3.33. The number of imidazole rings is 1. The zero-order valence-electron chi connectivity index (χ0n) is 17.6. The van der Waals surface area contributed by atoms with E-state index in [1.807, 2.05) is 43.7 Å². The summed E-state index contributed by atoms with van der Waals surface area (Å²) in [5.74, 6) is 0.405. The molecule has 3 aromatic heterocycles. The first kappa shape index (κ1) is 20.6. The number of halogens is 1. The van der Waals surface area contributed by atoms with E-state index in [0.29, 0.717) is 29.4 Å². The highest BCUT2D eigenvalue weighted by Crippen LogP contribution is 2.27. The molecule has 0 aliphatic heterocycles. The van der Waals surface area contributed by atoms with E-state index in [4.69, 9.17) is 0 Å². The average molecular weight is 418 g/mol. The molecule has 0 aliphatic carbocycles. The van der Waals surface area contributed by atoms with Gasteiger partial charge in [-0.1, -0.05) is 12.1 Å². The van der Waals surface area contributed by atoms with E-state index in [-0.39, 0.29) is 12.4 Å². The van der Waals surface area contributed by atoms with Gasteiger partial charge in [0, 0.05) is 12.7 Å². The SMILES string of the molecule is Cc1cn(-c2ccc(-c3nnc(NCc4ccc(F)cc4)c(C)c3C)nc2CO)cn1. The maximum absolute atomic E-state index is 13.1. The molecule has 158 valence electrons. The van der Waals surface area contributed by atoms with Crippen LogP contribution in [-0.4, -0.2) is 29.8 Å². The van der Waals surface area contributed by atoms with E-state index < -0.39 is 0 Å². The van der Waals surface area contributed by atoms with Gasteiger partial charge in [-0.25, -0.2) is 14.4 Å². The van der Waals surface area contributed by atoms with E-state index in [2.05, 4.69) is 25.5 Å². The lowest BCUT2D eigenvalue weighted by molar-refractivity contribution is 0.276. The summed E-state index contributed by atoms with van der Waals surface area (Å²) in [6.07, 6.45) is 3.58. The Morgan fingerprint density at radius 1 is 1.00 bits per heavy atom. The number of nitrogens with zero attached hydrogens (tertiary/aromatic N) is 5. The minimum absolute atomic E-state index is 0.205. The van der Waals surface area contributed by atoms with Crippen molar-refractivity contribution >= 4 is 5.82 Å². The molecule has 0 unspecified atom stereocenters. The summed E-state index contributed by atoms with van der Waals surface area (Å²) in [6.45, 7) is 6.15. The van der Waals surface area contributed by atoms with Crippen LogP contribution in [0.15, 0.2) is 48.9 Å². The molecule has 0 spiro atoms. The van der Waals surface area contributed by atoms with Gasteiger partial charge in [0.1, 0.15) is 11.5 Å². The van der Waals surface area contributed by atoms with Crippen LogP contribution in [-0.2, 0) is 13.2 Å². The molecule has 8 heteroatoms. The van der Waals surface area contributed by atoms with Crippen LogP contribution >= 0.6 is 0 Å². The molecule has 0 amide bonds. The van der Waals surface area contributed by atoms with Crippen LogP contribution in [0.3, 0.4) is 0 Å². The summed E-state index contributed by atoms with van der Waals surface area (Å²) >= 11 is 0. The Hall–Kier alpha value is -3.65. The largest absolute Gasteiger partial charge is 0.390 e. The Bertz CT molecular complexity index is 1220. The van der Waals surface area contributed by atoms with Crippen molar-refractivity contribution in [2.75, 3.05) is 5.32 Å². The van der Waals surface area contributed by atoms with E-state index in [1.54, 1.807) is 18.5 Å². The first-order chi connectivity index (χ1) is 15.0. The van der Waals surface area contributed by atoms with Gasteiger partial charge in [0.2, 0.25) is 0 Å². The number of aryl methyl sites for hydroxylation is 1. The second-order valence-corrected chi connectivity index (χ2v) is 7.37. The zero-order chi connectivity index (χ0) is 22.0. The summed E-state index contributed by atoms with van der Waals surface area (Å²) in [5.41, 5.74) is 6.33. The number of benzene rings is 1. The molecule has 3 heterocycles. The van der Waals surface area contributed by atoms with Crippen LogP contribution in [0.25, 0.3) is 17.1 Å². The van der Waals surface area contributed by atoms with Gasteiger partial charge in [0.25, 0.3) is 0 Å². The lowest BCUT2D eigenvalue weighted by Crippen LogP contribution is -2.08. The third kappa shape index (κ3) is 4.29. The number of aromatic nitrogens is 5. The van der Waals surface area contributed by atoms with Gasteiger partial charge in [-0.3, -0.25) is 0 Å². The van der Waals surface area contributed by atoms with Gasteiger partial charge in [0.15, 0.2) is 5.82 Å². The smallest absolute Gasteiger partial charge is 0.152 e. The van der Waals surface area contributed by atoms with Crippen molar-refractivity contribution in [3.05, 3.63) is 82.8 Å². The standard InChI is InChI=1S/C23H23FN6O/c1-14-11-30(13-26-14)21-9-8-19(27-20(21)12-31)22-15(2)16(3)23(29-28-22)25-10-17-4-6-18(24)7-5-17/h4-9,11,13,31H,10,12H2,1-3H3,(H,25,29). The second kappa shape index (κ2) is 8.61. The van der Waals surface area contributed by atoms with Gasteiger partial charge in [0.05, 0.1) is 35.7 Å². The zero-order valence-corrected chi connectivity index (χ0v) is 17.6. The molecule has 0 saturated carbocycles. The molecule has 1 aromatic carbocycles. The number of hydrogen-bond donors (Lipinski definition) is 2. The van der Waals surface area contributed by atoms with Crippen LogP contribution in [0.1, 0.15) is 28.1 Å². The van der Waals surface area contributed by atoms with Crippen molar-refractivity contribution < 1.29 is 9.50 Å². The Kier molecular flexibility index (Phi) is 5.73. The first-order valence-electron chi connectivity index (χ1n) is 9.90. The molecular formula is C23H23FN6O. The van der Waals surface area contributed by atoms with Crippen molar-refractivity contribution in [3.8, 4) is 17.1 Å². The third-order valence-electron chi connectivity index (χ3n) is 5.23. The maximum Gasteiger partial charge on any atom is 0.152 e.